The largest absolute Gasteiger partial charge is 0.455 e. The summed E-state index contributed by atoms with van der Waals surface area (Å²) in [5, 5.41) is 1.07. The third-order valence-corrected chi connectivity index (χ3v) is 3.77. The van der Waals surface area contributed by atoms with Crippen LogP contribution in [-0.2, 0) is 0 Å². The minimum Gasteiger partial charge on any atom is -0.455 e. The molecule has 0 aromatic carbocycles. The van der Waals surface area contributed by atoms with Gasteiger partial charge in [0.1, 0.15) is 22.6 Å². The summed E-state index contributed by atoms with van der Waals surface area (Å²) in [5.41, 5.74) is 5.64. The lowest BCUT2D eigenvalue weighted by Gasteiger charge is -2.05. The van der Waals surface area contributed by atoms with Gasteiger partial charge in [0.15, 0.2) is 5.58 Å². The summed E-state index contributed by atoms with van der Waals surface area (Å²) in [5.74, 6) is 0.930. The molecular formula is C15H10N4O. The van der Waals surface area contributed by atoms with Gasteiger partial charge in [-0.1, -0.05) is 0 Å². The number of aromatic nitrogens is 4. The highest BCUT2D eigenvalue weighted by Crippen LogP contribution is 2.32. The maximum Gasteiger partial charge on any atom is 0.151 e. The lowest BCUT2D eigenvalue weighted by atomic mass is 10.2. The van der Waals surface area contributed by atoms with Crippen molar-refractivity contribution in [2.24, 2.45) is 0 Å². The molecule has 0 aliphatic carbocycles. The van der Waals surface area contributed by atoms with E-state index in [1.54, 1.807) is 6.20 Å². The minimum absolute atomic E-state index is 0.872. The van der Waals surface area contributed by atoms with Gasteiger partial charge < -0.3 is 9.40 Å². The predicted molar refractivity (Wildman–Crippen MR) is 76.4 cm³/mol. The average molecular weight is 262 g/mol. The highest BCUT2D eigenvalue weighted by atomic mass is 16.3. The quantitative estimate of drug-likeness (QED) is 0.503. The van der Waals surface area contributed by atoms with Crippen LogP contribution in [0.3, 0.4) is 0 Å². The second-order valence-corrected chi connectivity index (χ2v) is 4.96. The van der Waals surface area contributed by atoms with E-state index in [1.807, 2.05) is 37.4 Å². The van der Waals surface area contributed by atoms with Crippen molar-refractivity contribution >= 4 is 33.2 Å². The van der Waals surface area contributed by atoms with Crippen molar-refractivity contribution in [3.63, 3.8) is 0 Å². The number of imidazole rings is 1. The highest BCUT2D eigenvalue weighted by Gasteiger charge is 2.17. The number of pyridine rings is 1. The molecule has 0 aliphatic rings. The van der Waals surface area contributed by atoms with E-state index in [2.05, 4.69) is 19.5 Å². The lowest BCUT2D eigenvalue weighted by molar-refractivity contribution is 0.673. The first-order chi connectivity index (χ1) is 9.81. The molecule has 0 fully saturated rings. The van der Waals surface area contributed by atoms with E-state index in [4.69, 9.17) is 4.42 Å². The Morgan fingerprint density at radius 2 is 2.20 bits per heavy atom. The second kappa shape index (κ2) is 3.19. The Bertz CT molecular complexity index is 1070. The first-order valence-corrected chi connectivity index (χ1v) is 6.45. The summed E-state index contributed by atoms with van der Waals surface area (Å²) in [4.78, 5) is 12.1. The number of nitrogens with one attached hydrogen (secondary N) is 1. The van der Waals surface area contributed by atoms with Crippen LogP contribution in [0.4, 0.5) is 0 Å². The standard InChI is InChI=1S/C15H10N4O/c1-8-18-11-7-17-15-10(4-5-16-15)14(11)19(8)12-6-9-2-3-13(12)20-9/h2-7H,1H3,(H,16,17). The van der Waals surface area contributed by atoms with Crippen molar-refractivity contribution in [2.75, 3.05) is 0 Å². The Balaban J connectivity index is 2.01. The van der Waals surface area contributed by atoms with Gasteiger partial charge in [-0.2, -0.15) is 0 Å². The fraction of sp³-hybridized carbons (Fsp3) is 0.0667. The van der Waals surface area contributed by atoms with Gasteiger partial charge in [0.2, 0.25) is 0 Å². The minimum atomic E-state index is 0.872. The van der Waals surface area contributed by atoms with Crippen LogP contribution in [0.15, 0.2) is 41.1 Å². The van der Waals surface area contributed by atoms with E-state index in [1.165, 1.54) is 0 Å². The molecule has 0 atom stereocenters. The molecule has 5 aromatic heterocycles. The van der Waals surface area contributed by atoms with Gasteiger partial charge in [0, 0.05) is 17.6 Å². The Morgan fingerprint density at radius 3 is 3.00 bits per heavy atom. The summed E-state index contributed by atoms with van der Waals surface area (Å²) in [6.45, 7) is 2.00. The van der Waals surface area contributed by atoms with Crippen molar-refractivity contribution in [3.05, 3.63) is 42.5 Å². The van der Waals surface area contributed by atoms with Crippen LogP contribution >= 0.6 is 0 Å². The van der Waals surface area contributed by atoms with Gasteiger partial charge in [0.25, 0.3) is 0 Å². The normalized spacial score (nSPS) is 12.2. The molecule has 0 unspecified atom stereocenters. The van der Waals surface area contributed by atoms with Crippen LogP contribution in [-0.4, -0.2) is 19.5 Å². The number of benzene rings is 1. The molecule has 0 radical (unpaired) electrons. The Hall–Kier alpha value is -2.82. The van der Waals surface area contributed by atoms with E-state index in [-0.39, 0.29) is 0 Å². The summed E-state index contributed by atoms with van der Waals surface area (Å²) in [6, 6.07) is 8.04. The van der Waals surface area contributed by atoms with E-state index < -0.39 is 0 Å². The van der Waals surface area contributed by atoms with Gasteiger partial charge in [-0.25, -0.2) is 9.97 Å². The number of H-pyrrole nitrogens is 1. The molecule has 0 saturated heterocycles. The topological polar surface area (TPSA) is 59.6 Å². The second-order valence-electron chi connectivity index (χ2n) is 4.96. The summed E-state index contributed by atoms with van der Waals surface area (Å²) < 4.78 is 7.80. The molecule has 5 heterocycles. The van der Waals surface area contributed by atoms with Crippen molar-refractivity contribution in [1.82, 2.24) is 19.5 Å². The predicted octanol–water partition coefficient (Wildman–Crippen LogP) is 3.39. The third-order valence-electron chi connectivity index (χ3n) is 3.77. The van der Waals surface area contributed by atoms with Crippen LogP contribution < -0.4 is 0 Å². The molecule has 96 valence electrons. The molecule has 5 heteroatoms. The number of nitrogens with zero attached hydrogens (tertiary/aromatic N) is 3. The van der Waals surface area contributed by atoms with Crippen LogP contribution in [0.1, 0.15) is 5.82 Å². The third kappa shape index (κ3) is 1.08. The molecule has 5 nitrogen and oxygen atoms in total. The van der Waals surface area contributed by atoms with Crippen molar-refractivity contribution < 1.29 is 4.42 Å². The van der Waals surface area contributed by atoms with Crippen LogP contribution in [0.25, 0.3) is 38.9 Å². The van der Waals surface area contributed by atoms with E-state index in [0.29, 0.717) is 0 Å². The zero-order chi connectivity index (χ0) is 13.3. The zero-order valence-corrected chi connectivity index (χ0v) is 10.7. The molecule has 20 heavy (non-hydrogen) atoms. The van der Waals surface area contributed by atoms with Crippen molar-refractivity contribution in [3.8, 4) is 5.69 Å². The Labute approximate surface area is 113 Å². The van der Waals surface area contributed by atoms with Crippen molar-refractivity contribution in [1.29, 1.82) is 0 Å². The smallest absolute Gasteiger partial charge is 0.151 e. The van der Waals surface area contributed by atoms with Gasteiger partial charge in [-0.05, 0) is 25.1 Å². The fourth-order valence-corrected chi connectivity index (χ4v) is 2.93. The maximum atomic E-state index is 5.66. The van der Waals surface area contributed by atoms with E-state index >= 15 is 0 Å². The summed E-state index contributed by atoms with van der Waals surface area (Å²) in [6.07, 6.45) is 3.71. The zero-order valence-electron chi connectivity index (χ0n) is 10.7. The fourth-order valence-electron chi connectivity index (χ4n) is 2.93. The van der Waals surface area contributed by atoms with Crippen molar-refractivity contribution in [2.45, 2.75) is 6.92 Å². The molecule has 2 bridgehead atoms. The Morgan fingerprint density at radius 1 is 1.25 bits per heavy atom. The Kier molecular flexibility index (Phi) is 1.60. The average Bonchev–Trinajstić information content (AvgIpc) is 3.19. The molecule has 5 aromatic rings. The summed E-state index contributed by atoms with van der Waals surface area (Å²) in [7, 11) is 0. The van der Waals surface area contributed by atoms with Crippen LogP contribution in [0, 0.1) is 6.92 Å². The first-order valence-electron chi connectivity index (χ1n) is 6.45. The molecule has 0 aliphatic heterocycles. The molecule has 0 amide bonds. The number of furan rings is 2. The van der Waals surface area contributed by atoms with E-state index in [0.717, 1.165) is 44.7 Å². The maximum absolute atomic E-state index is 5.66. The van der Waals surface area contributed by atoms with E-state index in [9.17, 15) is 0 Å². The molecule has 0 spiro atoms. The number of aromatic amines is 1. The highest BCUT2D eigenvalue weighted by molar-refractivity contribution is 6.02. The van der Waals surface area contributed by atoms with Gasteiger partial charge in [-0.15, -0.1) is 0 Å². The number of hydrogen-bond donors (Lipinski definition) is 1. The SMILES string of the molecule is Cc1nc2cnc3[nH]ccc3c2n1-c1cc2ccc1o2. The number of hydrogen-bond acceptors (Lipinski definition) is 3. The molecule has 0 saturated carbocycles. The van der Waals surface area contributed by atoms with Gasteiger partial charge in [-0.3, -0.25) is 4.57 Å². The van der Waals surface area contributed by atoms with Gasteiger partial charge >= 0.3 is 0 Å². The monoisotopic (exact) mass is 262 g/mol. The number of fused-ring (bicyclic) bond motifs is 5. The molecule has 1 N–H and O–H groups in total. The number of rotatable bonds is 1. The first kappa shape index (κ1) is 10.0. The summed E-state index contributed by atoms with van der Waals surface area (Å²) >= 11 is 0. The molecule has 5 rings (SSSR count). The number of aryl methyl sites for hydroxylation is 1. The van der Waals surface area contributed by atoms with Crippen LogP contribution in [0.2, 0.25) is 0 Å². The van der Waals surface area contributed by atoms with Gasteiger partial charge in [0.05, 0.1) is 17.4 Å². The lowest BCUT2D eigenvalue weighted by Crippen LogP contribution is -1.96. The molecular weight excluding hydrogens is 252 g/mol. The van der Waals surface area contributed by atoms with Crippen LogP contribution in [0.5, 0.6) is 0 Å².